The molecule has 0 atom stereocenters. The maximum atomic E-state index is 9.40. The van der Waals surface area contributed by atoms with Crippen LogP contribution in [0.3, 0.4) is 0 Å². The molecule has 1 fully saturated rings. The van der Waals surface area contributed by atoms with E-state index in [1.807, 2.05) is 11.4 Å². The van der Waals surface area contributed by atoms with Crippen LogP contribution >= 0.6 is 11.3 Å². The van der Waals surface area contributed by atoms with Crippen molar-refractivity contribution in [1.82, 2.24) is 9.97 Å². The molecule has 0 radical (unpaired) electrons. The summed E-state index contributed by atoms with van der Waals surface area (Å²) in [5.41, 5.74) is 0.0737. The molecule has 6 heteroatoms. The first-order valence-corrected chi connectivity index (χ1v) is 7.98. The summed E-state index contributed by atoms with van der Waals surface area (Å²) in [6, 6.07) is 2.05. The van der Waals surface area contributed by atoms with Gasteiger partial charge in [0.2, 0.25) is 5.95 Å². The Labute approximate surface area is 122 Å². The van der Waals surface area contributed by atoms with E-state index in [1.165, 1.54) is 0 Å². The van der Waals surface area contributed by atoms with E-state index >= 15 is 0 Å². The van der Waals surface area contributed by atoms with Crippen molar-refractivity contribution in [1.29, 1.82) is 0 Å². The number of nitrogens with zero attached hydrogens (tertiary/aromatic N) is 2. The van der Waals surface area contributed by atoms with Crippen LogP contribution in [0.1, 0.15) is 26.2 Å². The maximum Gasteiger partial charge on any atom is 0.226 e. The van der Waals surface area contributed by atoms with E-state index in [4.69, 9.17) is 0 Å². The molecule has 5 nitrogen and oxygen atoms in total. The lowest BCUT2D eigenvalue weighted by Crippen LogP contribution is -2.20. The van der Waals surface area contributed by atoms with Gasteiger partial charge in [-0.1, -0.05) is 6.92 Å². The summed E-state index contributed by atoms with van der Waals surface area (Å²) in [4.78, 5) is 10.1. The summed E-state index contributed by atoms with van der Waals surface area (Å²) in [5, 5.41) is 19.1. The average molecular weight is 292 g/mol. The van der Waals surface area contributed by atoms with Gasteiger partial charge in [0.25, 0.3) is 0 Å². The van der Waals surface area contributed by atoms with Crippen LogP contribution in [0.4, 0.5) is 11.8 Å². The number of aliphatic hydroxyl groups excluding tert-OH is 1. The topological polar surface area (TPSA) is 70.1 Å². The molecule has 2 aromatic heterocycles. The lowest BCUT2D eigenvalue weighted by Gasteiger charge is -2.14. The van der Waals surface area contributed by atoms with Crippen LogP contribution in [-0.2, 0) is 0 Å². The van der Waals surface area contributed by atoms with E-state index in [9.17, 15) is 5.11 Å². The molecule has 108 valence electrons. The van der Waals surface area contributed by atoms with Crippen LogP contribution in [0.15, 0.2) is 11.4 Å². The molecule has 3 rings (SSSR count). The van der Waals surface area contributed by atoms with Crippen molar-refractivity contribution in [2.75, 3.05) is 30.3 Å². The number of hydrogen-bond acceptors (Lipinski definition) is 6. The van der Waals surface area contributed by atoms with Crippen molar-refractivity contribution in [3.63, 3.8) is 0 Å². The number of nitrogens with one attached hydrogen (secondary N) is 2. The van der Waals surface area contributed by atoms with E-state index in [2.05, 4.69) is 27.5 Å². The van der Waals surface area contributed by atoms with Crippen molar-refractivity contribution < 1.29 is 5.11 Å². The third kappa shape index (κ3) is 2.71. The zero-order valence-corrected chi connectivity index (χ0v) is 12.5. The van der Waals surface area contributed by atoms with Crippen LogP contribution < -0.4 is 10.6 Å². The Morgan fingerprint density at radius 1 is 1.35 bits per heavy atom. The minimum atomic E-state index is 0.0737. The Morgan fingerprint density at radius 3 is 2.90 bits per heavy atom. The minimum absolute atomic E-state index is 0.0737. The van der Waals surface area contributed by atoms with Crippen molar-refractivity contribution >= 4 is 33.3 Å². The smallest absolute Gasteiger partial charge is 0.226 e. The highest BCUT2D eigenvalue weighted by molar-refractivity contribution is 7.16. The van der Waals surface area contributed by atoms with E-state index in [-0.39, 0.29) is 12.0 Å². The van der Waals surface area contributed by atoms with Gasteiger partial charge in [0.1, 0.15) is 10.6 Å². The Morgan fingerprint density at radius 2 is 2.20 bits per heavy atom. The SMILES string of the molecule is CCCNc1nc(NCC2(CO)CC2)c2ccsc2n1. The van der Waals surface area contributed by atoms with Crippen molar-refractivity contribution in [3.05, 3.63) is 11.4 Å². The molecular formula is C14H20N4OS. The molecule has 0 bridgehead atoms. The zero-order chi connectivity index (χ0) is 14.0. The van der Waals surface area contributed by atoms with Crippen molar-refractivity contribution in [2.24, 2.45) is 5.41 Å². The summed E-state index contributed by atoms with van der Waals surface area (Å²) >= 11 is 1.62. The number of fused-ring (bicyclic) bond motifs is 1. The van der Waals surface area contributed by atoms with E-state index in [0.717, 1.165) is 48.4 Å². The number of rotatable bonds is 7. The molecule has 1 saturated carbocycles. The van der Waals surface area contributed by atoms with Gasteiger partial charge in [-0.2, -0.15) is 4.98 Å². The second-order valence-electron chi connectivity index (χ2n) is 5.47. The van der Waals surface area contributed by atoms with Gasteiger partial charge in [-0.05, 0) is 30.7 Å². The molecule has 0 aliphatic heterocycles. The molecule has 0 aromatic carbocycles. The highest BCUT2D eigenvalue weighted by atomic mass is 32.1. The standard InChI is InChI=1S/C14H20N4OS/c1-2-6-15-13-17-11(10-3-7-20-12(10)18-13)16-8-14(9-19)4-5-14/h3,7,19H,2,4-6,8-9H2,1H3,(H2,15,16,17,18). The van der Waals surface area contributed by atoms with Crippen LogP contribution in [0.2, 0.25) is 0 Å². The normalized spacial score (nSPS) is 16.3. The Balaban J connectivity index is 1.81. The van der Waals surface area contributed by atoms with Gasteiger partial charge < -0.3 is 15.7 Å². The number of hydrogen-bond donors (Lipinski definition) is 3. The van der Waals surface area contributed by atoms with E-state index in [0.29, 0.717) is 5.95 Å². The summed E-state index contributed by atoms with van der Waals surface area (Å²) in [6.07, 6.45) is 3.23. The van der Waals surface area contributed by atoms with Crippen LogP contribution in [0.25, 0.3) is 10.2 Å². The number of aliphatic hydroxyl groups is 1. The fraction of sp³-hybridized carbons (Fsp3) is 0.571. The van der Waals surface area contributed by atoms with Crippen LogP contribution in [-0.4, -0.2) is 34.8 Å². The first-order valence-electron chi connectivity index (χ1n) is 7.10. The predicted molar refractivity (Wildman–Crippen MR) is 83.4 cm³/mol. The van der Waals surface area contributed by atoms with Crippen LogP contribution in [0, 0.1) is 5.41 Å². The second kappa shape index (κ2) is 5.54. The van der Waals surface area contributed by atoms with E-state index in [1.54, 1.807) is 11.3 Å². The molecule has 3 N–H and O–H groups in total. The summed E-state index contributed by atoms with van der Waals surface area (Å²) in [6.45, 7) is 4.02. The van der Waals surface area contributed by atoms with Crippen molar-refractivity contribution in [2.45, 2.75) is 26.2 Å². The number of anilines is 2. The second-order valence-corrected chi connectivity index (χ2v) is 6.37. The molecule has 1 aliphatic carbocycles. The monoisotopic (exact) mass is 292 g/mol. The zero-order valence-electron chi connectivity index (χ0n) is 11.6. The average Bonchev–Trinajstić information content (AvgIpc) is 3.11. The Hall–Kier alpha value is -1.40. The van der Waals surface area contributed by atoms with Crippen LogP contribution in [0.5, 0.6) is 0 Å². The van der Waals surface area contributed by atoms with Gasteiger partial charge in [0, 0.05) is 18.5 Å². The summed E-state index contributed by atoms with van der Waals surface area (Å²) < 4.78 is 0. The molecule has 0 unspecified atom stereocenters. The molecule has 20 heavy (non-hydrogen) atoms. The van der Waals surface area contributed by atoms with Gasteiger partial charge in [0.05, 0.1) is 12.0 Å². The van der Waals surface area contributed by atoms with Crippen molar-refractivity contribution in [3.8, 4) is 0 Å². The van der Waals surface area contributed by atoms with Gasteiger partial charge in [-0.25, -0.2) is 4.98 Å². The fourth-order valence-electron chi connectivity index (χ4n) is 2.14. The molecule has 0 saturated heterocycles. The molecule has 0 amide bonds. The number of thiophene rings is 1. The maximum absolute atomic E-state index is 9.40. The van der Waals surface area contributed by atoms with E-state index < -0.39 is 0 Å². The molecule has 2 heterocycles. The lowest BCUT2D eigenvalue weighted by molar-refractivity contribution is 0.219. The largest absolute Gasteiger partial charge is 0.396 e. The third-order valence-electron chi connectivity index (χ3n) is 3.78. The lowest BCUT2D eigenvalue weighted by atomic mass is 10.1. The predicted octanol–water partition coefficient (Wildman–Crippen LogP) is 2.70. The Bertz CT molecular complexity index is 594. The van der Waals surface area contributed by atoms with Gasteiger partial charge in [0.15, 0.2) is 0 Å². The van der Waals surface area contributed by atoms with Gasteiger partial charge in [-0.3, -0.25) is 0 Å². The Kier molecular flexibility index (Phi) is 3.76. The molecular weight excluding hydrogens is 272 g/mol. The highest BCUT2D eigenvalue weighted by Gasteiger charge is 2.41. The first-order chi connectivity index (χ1) is 9.76. The fourth-order valence-corrected chi connectivity index (χ4v) is 2.91. The highest BCUT2D eigenvalue weighted by Crippen LogP contribution is 2.45. The summed E-state index contributed by atoms with van der Waals surface area (Å²) in [7, 11) is 0. The minimum Gasteiger partial charge on any atom is -0.396 e. The van der Waals surface area contributed by atoms with Gasteiger partial charge in [-0.15, -0.1) is 11.3 Å². The molecule has 2 aromatic rings. The van der Waals surface area contributed by atoms with Gasteiger partial charge >= 0.3 is 0 Å². The molecule has 0 spiro atoms. The third-order valence-corrected chi connectivity index (χ3v) is 4.59. The number of aromatic nitrogens is 2. The molecule has 1 aliphatic rings. The quantitative estimate of drug-likeness (QED) is 0.732. The first kappa shape index (κ1) is 13.6. The summed E-state index contributed by atoms with van der Waals surface area (Å²) in [5.74, 6) is 1.55.